The summed E-state index contributed by atoms with van der Waals surface area (Å²) in [6.45, 7) is 2.79. The molecule has 1 aromatic carbocycles. The number of nitrogens with zero attached hydrogens (tertiary/aromatic N) is 2. The van der Waals surface area contributed by atoms with Gasteiger partial charge in [-0.1, -0.05) is 12.1 Å². The van der Waals surface area contributed by atoms with Gasteiger partial charge < -0.3 is 5.32 Å². The lowest BCUT2D eigenvalue weighted by atomic mass is 10.1. The molecule has 2 N–H and O–H groups in total. The summed E-state index contributed by atoms with van der Waals surface area (Å²) in [5.41, 5.74) is 2.24. The second kappa shape index (κ2) is 4.77. The fraction of sp³-hybridized carbons (Fsp3) is 0.333. The van der Waals surface area contributed by atoms with Gasteiger partial charge in [0, 0.05) is 18.0 Å². The molecule has 16 heavy (non-hydrogen) atoms. The topological polar surface area (TPSA) is 64.5 Å². The Morgan fingerprint density at radius 3 is 3.25 bits per heavy atom. The maximum atomic E-state index is 8.54. The molecule has 0 aliphatic heterocycles. The highest BCUT2D eigenvalue weighted by Crippen LogP contribution is 2.12. The third-order valence-corrected chi connectivity index (χ3v) is 2.56. The Morgan fingerprint density at radius 2 is 2.44 bits per heavy atom. The van der Waals surface area contributed by atoms with Crippen molar-refractivity contribution in [3.05, 3.63) is 30.0 Å². The van der Waals surface area contributed by atoms with Gasteiger partial charge in [-0.2, -0.15) is 10.4 Å². The Labute approximate surface area is 94.3 Å². The quantitative estimate of drug-likeness (QED) is 0.817. The number of H-pyrrole nitrogens is 1. The zero-order valence-corrected chi connectivity index (χ0v) is 9.20. The minimum absolute atomic E-state index is 0.225. The molecule has 0 radical (unpaired) electrons. The molecule has 0 amide bonds. The SMILES string of the molecule is CC(CC#N)NCc1ccc2cn[nH]c2c1. The lowest BCUT2D eigenvalue weighted by Crippen LogP contribution is -2.24. The average molecular weight is 214 g/mol. The molecule has 2 aromatic rings. The van der Waals surface area contributed by atoms with Crippen molar-refractivity contribution >= 4 is 10.9 Å². The summed E-state index contributed by atoms with van der Waals surface area (Å²) < 4.78 is 0. The number of aromatic nitrogens is 2. The van der Waals surface area contributed by atoms with Crippen molar-refractivity contribution in [1.82, 2.24) is 15.5 Å². The Balaban J connectivity index is 2.01. The van der Waals surface area contributed by atoms with Crippen LogP contribution in [0.2, 0.25) is 0 Å². The molecule has 1 unspecified atom stereocenters. The molecule has 0 aliphatic rings. The summed E-state index contributed by atoms with van der Waals surface area (Å²) in [5, 5.41) is 19.9. The van der Waals surface area contributed by atoms with E-state index in [1.54, 1.807) is 0 Å². The van der Waals surface area contributed by atoms with E-state index in [-0.39, 0.29) is 6.04 Å². The minimum atomic E-state index is 0.225. The van der Waals surface area contributed by atoms with Crippen LogP contribution >= 0.6 is 0 Å². The molecule has 4 heteroatoms. The molecule has 2 rings (SSSR count). The summed E-state index contributed by atoms with van der Waals surface area (Å²) in [5.74, 6) is 0. The van der Waals surface area contributed by atoms with E-state index in [9.17, 15) is 0 Å². The number of hydrogen-bond donors (Lipinski definition) is 2. The molecular formula is C12H14N4. The van der Waals surface area contributed by atoms with E-state index >= 15 is 0 Å². The van der Waals surface area contributed by atoms with Crippen LogP contribution in [-0.2, 0) is 6.54 Å². The van der Waals surface area contributed by atoms with Crippen LogP contribution < -0.4 is 5.32 Å². The monoisotopic (exact) mass is 214 g/mol. The number of nitrogens with one attached hydrogen (secondary N) is 2. The largest absolute Gasteiger partial charge is 0.309 e. The van der Waals surface area contributed by atoms with E-state index in [2.05, 4.69) is 33.7 Å². The molecule has 0 bridgehead atoms. The zero-order chi connectivity index (χ0) is 11.4. The summed E-state index contributed by atoms with van der Waals surface area (Å²) in [4.78, 5) is 0. The second-order valence-electron chi connectivity index (χ2n) is 3.94. The molecule has 1 heterocycles. The average Bonchev–Trinajstić information content (AvgIpc) is 2.74. The van der Waals surface area contributed by atoms with Crippen molar-refractivity contribution in [3.8, 4) is 6.07 Å². The Bertz CT molecular complexity index is 509. The summed E-state index contributed by atoms with van der Waals surface area (Å²) in [6, 6.07) is 8.57. The Morgan fingerprint density at radius 1 is 1.56 bits per heavy atom. The lowest BCUT2D eigenvalue weighted by molar-refractivity contribution is 0.557. The van der Waals surface area contributed by atoms with Crippen LogP contribution in [0.4, 0.5) is 0 Å². The van der Waals surface area contributed by atoms with Crippen LogP contribution in [0, 0.1) is 11.3 Å². The highest BCUT2D eigenvalue weighted by atomic mass is 15.1. The van der Waals surface area contributed by atoms with Gasteiger partial charge in [0.2, 0.25) is 0 Å². The van der Waals surface area contributed by atoms with E-state index in [1.165, 1.54) is 5.56 Å². The van der Waals surface area contributed by atoms with Crippen molar-refractivity contribution in [2.45, 2.75) is 25.9 Å². The normalized spacial score (nSPS) is 12.5. The number of rotatable bonds is 4. The first kappa shape index (κ1) is 10.7. The number of benzene rings is 1. The number of hydrogen-bond acceptors (Lipinski definition) is 3. The first-order valence-electron chi connectivity index (χ1n) is 5.32. The maximum Gasteiger partial charge on any atom is 0.0653 e. The highest BCUT2D eigenvalue weighted by molar-refractivity contribution is 5.78. The lowest BCUT2D eigenvalue weighted by Gasteiger charge is -2.09. The van der Waals surface area contributed by atoms with Crippen molar-refractivity contribution < 1.29 is 0 Å². The van der Waals surface area contributed by atoms with Crippen LogP contribution in [0.3, 0.4) is 0 Å². The molecule has 1 aromatic heterocycles. The van der Waals surface area contributed by atoms with Gasteiger partial charge in [-0.15, -0.1) is 0 Å². The Kier molecular flexibility index (Phi) is 3.18. The van der Waals surface area contributed by atoms with Gasteiger partial charge in [0.25, 0.3) is 0 Å². The molecule has 0 fully saturated rings. The predicted octanol–water partition coefficient (Wildman–Crippen LogP) is 1.95. The summed E-state index contributed by atoms with van der Waals surface area (Å²) in [6.07, 6.45) is 2.34. The third-order valence-electron chi connectivity index (χ3n) is 2.56. The molecule has 82 valence electrons. The van der Waals surface area contributed by atoms with Gasteiger partial charge in [-0.25, -0.2) is 0 Å². The van der Waals surface area contributed by atoms with Crippen LogP contribution in [0.25, 0.3) is 10.9 Å². The molecule has 4 nitrogen and oxygen atoms in total. The summed E-state index contributed by atoms with van der Waals surface area (Å²) >= 11 is 0. The highest BCUT2D eigenvalue weighted by Gasteiger charge is 2.01. The van der Waals surface area contributed by atoms with E-state index < -0.39 is 0 Å². The second-order valence-corrected chi connectivity index (χ2v) is 3.94. The number of nitriles is 1. The standard InChI is InChI=1S/C12H14N4/c1-9(4-5-13)14-7-10-2-3-11-8-15-16-12(11)6-10/h2-3,6,8-9,14H,4,7H2,1H3,(H,15,16). The van der Waals surface area contributed by atoms with Crippen molar-refractivity contribution in [2.75, 3.05) is 0 Å². The molecule has 0 saturated carbocycles. The molecule has 1 atom stereocenters. The van der Waals surface area contributed by atoms with E-state index in [1.807, 2.05) is 19.2 Å². The van der Waals surface area contributed by atoms with E-state index in [0.29, 0.717) is 6.42 Å². The molecule has 0 spiro atoms. The maximum absolute atomic E-state index is 8.54. The predicted molar refractivity (Wildman–Crippen MR) is 62.6 cm³/mol. The van der Waals surface area contributed by atoms with E-state index in [4.69, 9.17) is 5.26 Å². The van der Waals surface area contributed by atoms with Gasteiger partial charge in [0.05, 0.1) is 24.2 Å². The molecule has 0 saturated heterocycles. The third kappa shape index (κ3) is 2.38. The molecular weight excluding hydrogens is 200 g/mol. The van der Waals surface area contributed by atoms with Gasteiger partial charge in [-0.05, 0) is 18.6 Å². The van der Waals surface area contributed by atoms with Gasteiger partial charge >= 0.3 is 0 Å². The van der Waals surface area contributed by atoms with E-state index in [0.717, 1.165) is 17.4 Å². The van der Waals surface area contributed by atoms with Gasteiger partial charge in [0.15, 0.2) is 0 Å². The van der Waals surface area contributed by atoms with Crippen LogP contribution in [0.5, 0.6) is 0 Å². The number of aromatic amines is 1. The van der Waals surface area contributed by atoms with Gasteiger partial charge in [-0.3, -0.25) is 5.10 Å². The molecule has 0 aliphatic carbocycles. The first-order chi connectivity index (χ1) is 7.79. The summed E-state index contributed by atoms with van der Waals surface area (Å²) in [7, 11) is 0. The fourth-order valence-corrected chi connectivity index (χ4v) is 1.60. The van der Waals surface area contributed by atoms with Crippen molar-refractivity contribution in [2.24, 2.45) is 0 Å². The van der Waals surface area contributed by atoms with Crippen LogP contribution in [-0.4, -0.2) is 16.2 Å². The fourth-order valence-electron chi connectivity index (χ4n) is 1.60. The van der Waals surface area contributed by atoms with Crippen LogP contribution in [0.15, 0.2) is 24.4 Å². The number of fused-ring (bicyclic) bond motifs is 1. The van der Waals surface area contributed by atoms with Gasteiger partial charge in [0.1, 0.15) is 0 Å². The smallest absolute Gasteiger partial charge is 0.0653 e. The zero-order valence-electron chi connectivity index (χ0n) is 9.20. The van der Waals surface area contributed by atoms with Crippen LogP contribution in [0.1, 0.15) is 18.9 Å². The first-order valence-corrected chi connectivity index (χ1v) is 5.32. The minimum Gasteiger partial charge on any atom is -0.309 e. The Hall–Kier alpha value is -1.86. The van der Waals surface area contributed by atoms with Crippen molar-refractivity contribution in [1.29, 1.82) is 5.26 Å². The van der Waals surface area contributed by atoms with Crippen molar-refractivity contribution in [3.63, 3.8) is 0 Å².